The van der Waals surface area contributed by atoms with Crippen LogP contribution in [0.3, 0.4) is 0 Å². The summed E-state index contributed by atoms with van der Waals surface area (Å²) < 4.78 is 13.6. The van der Waals surface area contributed by atoms with Crippen LogP contribution in [-0.2, 0) is 4.94 Å². The van der Waals surface area contributed by atoms with Crippen molar-refractivity contribution in [2.24, 2.45) is 0 Å². The molecule has 0 saturated heterocycles. The molecule has 0 atom stereocenters. The van der Waals surface area contributed by atoms with E-state index in [1.807, 2.05) is 30.7 Å². The van der Waals surface area contributed by atoms with Crippen molar-refractivity contribution in [2.45, 2.75) is 18.8 Å². The molecule has 0 aliphatic heterocycles. The molecule has 0 bridgehead atoms. The Kier molecular flexibility index (Phi) is 3.21. The van der Waals surface area contributed by atoms with Gasteiger partial charge in [0.05, 0.1) is 5.52 Å². The molecule has 6 nitrogen and oxygen atoms in total. The third kappa shape index (κ3) is 2.44. The fraction of sp³-hybridized carbons (Fsp3) is 0.222. The molecule has 1 aliphatic carbocycles. The zero-order valence-corrected chi connectivity index (χ0v) is 13.4. The number of hydrogen-bond donors (Lipinski definition) is 2. The summed E-state index contributed by atoms with van der Waals surface area (Å²) in [6, 6.07) is 8.09. The third-order valence-electron chi connectivity index (χ3n) is 4.70. The number of pyridine rings is 2. The van der Waals surface area contributed by atoms with Crippen LogP contribution in [0.15, 0.2) is 42.9 Å². The largest absolute Gasteiger partial charge is 0.346 e. The van der Waals surface area contributed by atoms with E-state index in [0.717, 1.165) is 16.7 Å². The maximum Gasteiger partial charge on any atom is 0.158 e. The highest BCUT2D eigenvalue weighted by molar-refractivity contribution is 5.88. The lowest BCUT2D eigenvalue weighted by atomic mass is 9.97. The fourth-order valence-electron chi connectivity index (χ4n) is 3.42. The lowest BCUT2D eigenvalue weighted by molar-refractivity contribution is -0.123. The highest BCUT2D eigenvalue weighted by atomic mass is 19.3. The van der Waals surface area contributed by atoms with E-state index in [-0.39, 0.29) is 6.73 Å². The van der Waals surface area contributed by atoms with Crippen LogP contribution in [0.1, 0.15) is 24.3 Å². The van der Waals surface area contributed by atoms with Crippen molar-refractivity contribution in [3.05, 3.63) is 48.4 Å². The molecule has 25 heavy (non-hydrogen) atoms. The topological polar surface area (TPSA) is 67.2 Å². The van der Waals surface area contributed by atoms with E-state index in [9.17, 15) is 4.53 Å². The molecule has 2 N–H and O–H groups in total. The maximum absolute atomic E-state index is 11.8. The number of halogens is 1. The Balaban J connectivity index is 1.63. The van der Waals surface area contributed by atoms with Crippen molar-refractivity contribution < 1.29 is 9.47 Å². The second kappa shape index (κ2) is 5.56. The Hall–Kier alpha value is -2.93. The first-order chi connectivity index (χ1) is 12.3. The van der Waals surface area contributed by atoms with Crippen LogP contribution < -0.4 is 5.32 Å². The lowest BCUT2D eigenvalue weighted by Gasteiger charge is -2.10. The molecule has 5 rings (SSSR count). The zero-order valence-electron chi connectivity index (χ0n) is 13.4. The Morgan fingerprint density at radius 2 is 2.24 bits per heavy atom. The van der Waals surface area contributed by atoms with E-state index in [1.54, 1.807) is 4.52 Å². The second-order valence-electron chi connectivity index (χ2n) is 6.34. The van der Waals surface area contributed by atoms with Crippen molar-refractivity contribution in [3.8, 4) is 11.1 Å². The second-order valence-corrected chi connectivity index (χ2v) is 6.34. The summed E-state index contributed by atoms with van der Waals surface area (Å²) in [5, 5.41) is 8.30. The van der Waals surface area contributed by atoms with Gasteiger partial charge in [-0.3, -0.25) is 0 Å². The fourth-order valence-corrected chi connectivity index (χ4v) is 3.42. The highest BCUT2D eigenvalue weighted by Crippen LogP contribution is 2.47. The quantitative estimate of drug-likeness (QED) is 0.540. The average Bonchev–Trinajstić information content (AvgIpc) is 3.21. The van der Waals surface area contributed by atoms with Crippen LogP contribution in [0, 0.1) is 0 Å². The lowest BCUT2D eigenvalue weighted by Crippen LogP contribution is -2.01. The number of rotatable bonds is 5. The summed E-state index contributed by atoms with van der Waals surface area (Å²) in [6.45, 7) is -0.226. The smallest absolute Gasteiger partial charge is 0.158 e. The van der Waals surface area contributed by atoms with Crippen molar-refractivity contribution in [3.63, 3.8) is 0 Å². The zero-order chi connectivity index (χ0) is 16.8. The van der Waals surface area contributed by atoms with Gasteiger partial charge >= 0.3 is 0 Å². The molecule has 0 aromatic carbocycles. The summed E-state index contributed by atoms with van der Waals surface area (Å²) in [5.74, 6) is 1.17. The van der Waals surface area contributed by atoms with Gasteiger partial charge in [0.25, 0.3) is 0 Å². The first-order valence-electron chi connectivity index (χ1n) is 8.26. The number of nitrogens with zero attached hydrogens (tertiary/aromatic N) is 3. The van der Waals surface area contributed by atoms with Crippen LogP contribution in [0.5, 0.6) is 0 Å². The van der Waals surface area contributed by atoms with Gasteiger partial charge < -0.3 is 10.3 Å². The van der Waals surface area contributed by atoms with Crippen LogP contribution in [0.2, 0.25) is 0 Å². The summed E-state index contributed by atoms with van der Waals surface area (Å²) in [5.41, 5.74) is 5.51. The van der Waals surface area contributed by atoms with Gasteiger partial charge in [-0.25, -0.2) is 9.50 Å². The van der Waals surface area contributed by atoms with E-state index in [4.69, 9.17) is 0 Å². The summed E-state index contributed by atoms with van der Waals surface area (Å²) in [6.07, 6.45) is 8.25. The first-order valence-corrected chi connectivity index (χ1v) is 8.26. The minimum Gasteiger partial charge on any atom is -0.346 e. The highest BCUT2D eigenvalue weighted by Gasteiger charge is 2.29. The number of hydrogen-bond acceptors (Lipinski definition) is 4. The molecule has 4 heterocycles. The van der Waals surface area contributed by atoms with Crippen molar-refractivity contribution in [2.75, 3.05) is 12.0 Å². The normalized spacial score (nSPS) is 14.4. The Bertz CT molecular complexity index is 1070. The number of nitrogens with one attached hydrogen (secondary N) is 2. The van der Waals surface area contributed by atoms with Crippen LogP contribution in [-0.4, -0.2) is 26.3 Å². The summed E-state index contributed by atoms with van der Waals surface area (Å²) in [7, 11) is 0. The van der Waals surface area contributed by atoms with Gasteiger partial charge in [-0.2, -0.15) is 10.0 Å². The van der Waals surface area contributed by atoms with Crippen LogP contribution >= 0.6 is 0 Å². The molecular weight excluding hydrogens is 321 g/mol. The van der Waals surface area contributed by atoms with E-state index in [0.29, 0.717) is 11.7 Å². The number of fused-ring (bicyclic) bond motifs is 2. The molecule has 4 aromatic rings. The van der Waals surface area contributed by atoms with Crippen molar-refractivity contribution in [1.29, 1.82) is 0 Å². The number of aromatic nitrogens is 4. The first kappa shape index (κ1) is 14.4. The Morgan fingerprint density at radius 3 is 3.08 bits per heavy atom. The summed E-state index contributed by atoms with van der Waals surface area (Å²) >= 11 is 0. The predicted octanol–water partition coefficient (Wildman–Crippen LogP) is 4.03. The Morgan fingerprint density at radius 1 is 1.32 bits per heavy atom. The monoisotopic (exact) mass is 337 g/mol. The van der Waals surface area contributed by atoms with E-state index < -0.39 is 0 Å². The standard InChI is InChI=1S/C18H16FN5O/c19-25-10-22-16-8-13-7-12(4-6-24(13)23-16)15-9-21-18-14(3-5-20-18)17(15)11-1-2-11/h3-9,11H,1-2,10H2,(H,20,21)(H,22,23). The number of aromatic amines is 1. The van der Waals surface area contributed by atoms with Gasteiger partial charge in [0, 0.05) is 35.6 Å². The van der Waals surface area contributed by atoms with Crippen LogP contribution in [0.25, 0.3) is 27.7 Å². The third-order valence-corrected chi connectivity index (χ3v) is 4.70. The number of H-pyrrole nitrogens is 1. The van der Waals surface area contributed by atoms with E-state index in [1.165, 1.54) is 29.4 Å². The average molecular weight is 337 g/mol. The molecular formula is C18H16FN5O. The van der Waals surface area contributed by atoms with Gasteiger partial charge in [0.2, 0.25) is 0 Å². The van der Waals surface area contributed by atoms with Gasteiger partial charge in [0.15, 0.2) is 12.5 Å². The molecule has 1 saturated carbocycles. The van der Waals surface area contributed by atoms with E-state index >= 15 is 0 Å². The molecule has 126 valence electrons. The van der Waals surface area contributed by atoms with Crippen LogP contribution in [0.4, 0.5) is 10.3 Å². The number of anilines is 1. The predicted molar refractivity (Wildman–Crippen MR) is 92.9 cm³/mol. The molecule has 0 spiro atoms. The minimum atomic E-state index is -0.226. The van der Waals surface area contributed by atoms with Gasteiger partial charge in [-0.15, -0.1) is 0 Å². The van der Waals surface area contributed by atoms with Gasteiger partial charge in [0.1, 0.15) is 5.65 Å². The molecule has 0 unspecified atom stereocenters. The molecule has 7 heteroatoms. The van der Waals surface area contributed by atoms with Gasteiger partial charge in [-0.05, 0) is 52.6 Å². The molecule has 4 aromatic heterocycles. The molecule has 0 radical (unpaired) electrons. The van der Waals surface area contributed by atoms with Gasteiger partial charge in [-0.1, -0.05) is 0 Å². The SMILES string of the molecule is FOCNc1cc2cc(-c3cnc4[nH]ccc4c3C3CC3)ccn2n1. The van der Waals surface area contributed by atoms with Crippen molar-refractivity contribution >= 4 is 22.4 Å². The van der Waals surface area contributed by atoms with Crippen molar-refractivity contribution in [1.82, 2.24) is 19.6 Å². The molecule has 1 fully saturated rings. The minimum absolute atomic E-state index is 0.226. The molecule has 0 amide bonds. The molecule has 1 aliphatic rings. The Labute approximate surface area is 142 Å². The summed E-state index contributed by atoms with van der Waals surface area (Å²) in [4.78, 5) is 11.3. The van der Waals surface area contributed by atoms with E-state index in [2.05, 4.69) is 37.5 Å². The maximum atomic E-state index is 11.8.